The number of nitrogens with two attached hydrogens (primary N) is 1. The highest BCUT2D eigenvalue weighted by atomic mass is 16.5. The van der Waals surface area contributed by atoms with E-state index in [4.69, 9.17) is 15.0 Å². The minimum absolute atomic E-state index is 0.149. The Morgan fingerprint density at radius 2 is 1.95 bits per heavy atom. The average Bonchev–Trinajstić information content (AvgIpc) is 3.10. The summed E-state index contributed by atoms with van der Waals surface area (Å²) in [7, 11) is 1.66. The molecule has 1 aromatic heterocycles. The Balaban J connectivity index is 1.64. The van der Waals surface area contributed by atoms with Gasteiger partial charge in [-0.15, -0.1) is 0 Å². The average molecular weight is 287 g/mol. The third-order valence-corrected chi connectivity index (χ3v) is 4.13. The van der Waals surface area contributed by atoms with Gasteiger partial charge in [0.25, 0.3) is 0 Å². The van der Waals surface area contributed by atoms with Crippen molar-refractivity contribution in [1.29, 1.82) is 0 Å². The van der Waals surface area contributed by atoms with Crippen LogP contribution >= 0.6 is 0 Å². The molecule has 1 aliphatic rings. The summed E-state index contributed by atoms with van der Waals surface area (Å²) in [6.45, 7) is 0. The van der Waals surface area contributed by atoms with E-state index in [9.17, 15) is 0 Å². The smallest absolute Gasteiger partial charge is 0.228 e. The molecule has 1 aliphatic carbocycles. The lowest BCUT2D eigenvalue weighted by molar-refractivity contribution is 0.327. The van der Waals surface area contributed by atoms with Crippen molar-refractivity contribution in [2.45, 2.75) is 44.1 Å². The number of benzene rings is 1. The number of aromatic nitrogens is 2. The van der Waals surface area contributed by atoms with E-state index in [1.54, 1.807) is 7.11 Å². The van der Waals surface area contributed by atoms with Crippen LogP contribution in [0.4, 0.5) is 0 Å². The highest BCUT2D eigenvalue weighted by molar-refractivity contribution is 5.28. The van der Waals surface area contributed by atoms with E-state index in [-0.39, 0.29) is 5.54 Å². The van der Waals surface area contributed by atoms with Gasteiger partial charge in [-0.25, -0.2) is 0 Å². The van der Waals surface area contributed by atoms with Gasteiger partial charge in [0.05, 0.1) is 7.11 Å². The fourth-order valence-corrected chi connectivity index (χ4v) is 2.92. The van der Waals surface area contributed by atoms with Gasteiger partial charge in [0.15, 0.2) is 5.82 Å². The molecule has 0 spiro atoms. The van der Waals surface area contributed by atoms with Crippen molar-refractivity contribution >= 4 is 0 Å². The van der Waals surface area contributed by atoms with Gasteiger partial charge in [0.2, 0.25) is 5.89 Å². The number of hydrogen-bond donors (Lipinski definition) is 1. The van der Waals surface area contributed by atoms with Crippen molar-refractivity contribution in [3.63, 3.8) is 0 Å². The van der Waals surface area contributed by atoms with Crippen molar-refractivity contribution in [2.24, 2.45) is 5.73 Å². The van der Waals surface area contributed by atoms with Crippen molar-refractivity contribution in [2.75, 3.05) is 7.11 Å². The van der Waals surface area contributed by atoms with E-state index in [0.717, 1.165) is 24.2 Å². The summed E-state index contributed by atoms with van der Waals surface area (Å²) in [6, 6.07) is 7.89. The second-order valence-electron chi connectivity index (χ2n) is 5.88. The lowest BCUT2D eigenvalue weighted by Crippen LogP contribution is -2.38. The van der Waals surface area contributed by atoms with E-state index in [1.165, 1.54) is 12.8 Å². The fraction of sp³-hybridized carbons (Fsp3) is 0.500. The molecule has 0 amide bonds. The second kappa shape index (κ2) is 5.85. The molecule has 0 radical (unpaired) electrons. The van der Waals surface area contributed by atoms with Gasteiger partial charge in [0.1, 0.15) is 5.75 Å². The molecule has 1 fully saturated rings. The molecule has 1 aromatic carbocycles. The predicted molar refractivity (Wildman–Crippen MR) is 79.2 cm³/mol. The molecule has 0 saturated heterocycles. The maximum atomic E-state index is 6.34. The third-order valence-electron chi connectivity index (χ3n) is 4.13. The molecule has 0 bridgehead atoms. The first-order valence-electron chi connectivity index (χ1n) is 7.40. The molecule has 21 heavy (non-hydrogen) atoms. The Kier molecular flexibility index (Phi) is 3.92. The van der Waals surface area contributed by atoms with Crippen molar-refractivity contribution < 1.29 is 9.26 Å². The molecule has 5 heteroatoms. The Hall–Kier alpha value is -1.88. The van der Waals surface area contributed by atoms with Gasteiger partial charge in [-0.05, 0) is 30.5 Å². The zero-order valence-electron chi connectivity index (χ0n) is 12.3. The second-order valence-corrected chi connectivity index (χ2v) is 5.88. The summed E-state index contributed by atoms with van der Waals surface area (Å²) < 4.78 is 10.5. The van der Waals surface area contributed by atoms with Gasteiger partial charge in [0, 0.05) is 18.4 Å². The van der Waals surface area contributed by atoms with Crippen LogP contribution in [0.1, 0.15) is 43.0 Å². The predicted octanol–water partition coefficient (Wildman–Crippen LogP) is 2.48. The van der Waals surface area contributed by atoms with Gasteiger partial charge in [-0.1, -0.05) is 30.1 Å². The number of nitrogens with zero attached hydrogens (tertiary/aromatic N) is 2. The lowest BCUT2D eigenvalue weighted by Gasteiger charge is -2.20. The molecular weight excluding hydrogens is 266 g/mol. The molecule has 2 aromatic rings. The Morgan fingerprint density at radius 3 is 2.62 bits per heavy atom. The van der Waals surface area contributed by atoms with E-state index in [2.05, 4.69) is 10.1 Å². The van der Waals surface area contributed by atoms with Crippen molar-refractivity contribution in [3.05, 3.63) is 41.5 Å². The minimum Gasteiger partial charge on any atom is -0.497 e. The first-order chi connectivity index (χ1) is 10.2. The van der Waals surface area contributed by atoms with Crippen molar-refractivity contribution in [3.8, 4) is 5.75 Å². The maximum Gasteiger partial charge on any atom is 0.228 e. The maximum absolute atomic E-state index is 6.34. The zero-order chi connectivity index (χ0) is 14.7. The summed E-state index contributed by atoms with van der Waals surface area (Å²) in [4.78, 5) is 4.47. The minimum atomic E-state index is -0.149. The molecule has 0 unspecified atom stereocenters. The number of ether oxygens (including phenoxy) is 1. The number of hydrogen-bond acceptors (Lipinski definition) is 5. The summed E-state index contributed by atoms with van der Waals surface area (Å²) in [5.41, 5.74) is 7.33. The summed E-state index contributed by atoms with van der Waals surface area (Å²) >= 11 is 0. The van der Waals surface area contributed by atoms with Gasteiger partial charge in [-0.3, -0.25) is 0 Å². The van der Waals surface area contributed by atoms with Gasteiger partial charge < -0.3 is 15.0 Å². The monoisotopic (exact) mass is 287 g/mol. The molecule has 5 nitrogen and oxygen atoms in total. The molecule has 112 valence electrons. The summed E-state index contributed by atoms with van der Waals surface area (Å²) in [5, 5.41) is 4.05. The first-order valence-corrected chi connectivity index (χ1v) is 7.40. The Labute approximate surface area is 124 Å². The van der Waals surface area contributed by atoms with E-state index in [1.807, 2.05) is 24.3 Å². The Bertz CT molecular complexity index is 586. The summed E-state index contributed by atoms with van der Waals surface area (Å²) in [6.07, 6.45) is 5.83. The quantitative estimate of drug-likeness (QED) is 0.914. The molecule has 2 N–H and O–H groups in total. The molecule has 1 heterocycles. The fourth-order valence-electron chi connectivity index (χ4n) is 2.92. The topological polar surface area (TPSA) is 74.2 Å². The van der Waals surface area contributed by atoms with Crippen LogP contribution in [0.25, 0.3) is 0 Å². The number of rotatable bonds is 5. The van der Waals surface area contributed by atoms with E-state index < -0.39 is 0 Å². The van der Waals surface area contributed by atoms with Gasteiger partial charge in [-0.2, -0.15) is 4.98 Å². The highest BCUT2D eigenvalue weighted by Gasteiger charge is 2.31. The van der Waals surface area contributed by atoms with Gasteiger partial charge >= 0.3 is 0 Å². The van der Waals surface area contributed by atoms with Crippen LogP contribution in [0.15, 0.2) is 28.8 Å². The highest BCUT2D eigenvalue weighted by Crippen LogP contribution is 2.30. The Morgan fingerprint density at radius 1 is 1.24 bits per heavy atom. The van der Waals surface area contributed by atoms with Crippen LogP contribution in [0.2, 0.25) is 0 Å². The SMILES string of the molecule is COc1ccc(Cc2noc(CC3(N)CCCC3)n2)cc1. The van der Waals surface area contributed by atoms with Crippen LogP contribution in [0.3, 0.4) is 0 Å². The molecule has 1 saturated carbocycles. The lowest BCUT2D eigenvalue weighted by atomic mass is 9.95. The summed E-state index contributed by atoms with van der Waals surface area (Å²) in [5.74, 6) is 2.21. The van der Waals surface area contributed by atoms with E-state index in [0.29, 0.717) is 24.6 Å². The van der Waals surface area contributed by atoms with Crippen LogP contribution in [0.5, 0.6) is 5.75 Å². The molecule has 0 aliphatic heterocycles. The molecule has 3 rings (SSSR count). The standard InChI is InChI=1S/C16H21N3O2/c1-20-13-6-4-12(5-7-13)10-14-18-15(21-19-14)11-16(17)8-2-3-9-16/h4-7H,2-3,8-11,17H2,1H3. The van der Waals surface area contributed by atoms with Crippen LogP contribution in [-0.4, -0.2) is 22.8 Å². The van der Waals surface area contributed by atoms with Crippen LogP contribution in [0, 0.1) is 0 Å². The molecule has 0 atom stereocenters. The zero-order valence-corrected chi connectivity index (χ0v) is 12.3. The van der Waals surface area contributed by atoms with E-state index >= 15 is 0 Å². The van der Waals surface area contributed by atoms with Crippen molar-refractivity contribution in [1.82, 2.24) is 10.1 Å². The number of methoxy groups -OCH3 is 1. The normalized spacial score (nSPS) is 17.0. The largest absolute Gasteiger partial charge is 0.497 e. The van der Waals surface area contributed by atoms with Crippen LogP contribution < -0.4 is 10.5 Å². The third kappa shape index (κ3) is 3.42. The first kappa shape index (κ1) is 14.1. The molecular formula is C16H21N3O2. The van der Waals surface area contributed by atoms with Crippen LogP contribution in [-0.2, 0) is 12.8 Å².